The average molecular weight is 260 g/mol. The molecule has 104 valence electrons. The maximum Gasteiger partial charge on any atom is 0.190 e. The Morgan fingerprint density at radius 2 is 1.89 bits per heavy atom. The van der Waals surface area contributed by atoms with Crippen molar-refractivity contribution in [3.63, 3.8) is 0 Å². The van der Waals surface area contributed by atoms with E-state index in [1.54, 1.807) is 0 Å². The highest BCUT2D eigenvalue weighted by Gasteiger charge is 2.58. The Morgan fingerprint density at radius 1 is 1.17 bits per heavy atom. The van der Waals surface area contributed by atoms with Gasteiger partial charge in [-0.05, 0) is 12.8 Å². The summed E-state index contributed by atoms with van der Waals surface area (Å²) in [6.07, 6.45) is 0.824. The number of aliphatic hydroxyl groups excluding tert-OH is 3. The minimum Gasteiger partial charge on any atom is -0.394 e. The van der Waals surface area contributed by atoms with Gasteiger partial charge >= 0.3 is 0 Å². The van der Waals surface area contributed by atoms with Crippen LogP contribution in [0.5, 0.6) is 0 Å². The van der Waals surface area contributed by atoms with Gasteiger partial charge in [-0.15, -0.1) is 0 Å². The molecule has 3 N–H and O–H groups in total. The van der Waals surface area contributed by atoms with E-state index in [2.05, 4.69) is 0 Å². The van der Waals surface area contributed by atoms with Crippen LogP contribution in [-0.2, 0) is 14.2 Å². The third kappa shape index (κ3) is 1.97. The number of ether oxygens (including phenoxy) is 3. The van der Waals surface area contributed by atoms with Gasteiger partial charge in [0.05, 0.1) is 6.61 Å². The van der Waals surface area contributed by atoms with Crippen molar-refractivity contribution in [2.24, 2.45) is 0 Å². The van der Waals surface area contributed by atoms with Crippen LogP contribution in [0.1, 0.15) is 32.1 Å². The van der Waals surface area contributed by atoms with Gasteiger partial charge in [-0.3, -0.25) is 0 Å². The summed E-state index contributed by atoms with van der Waals surface area (Å²) in [5, 5.41) is 28.5. The monoisotopic (exact) mass is 260 g/mol. The number of rotatable bonds is 2. The first-order valence-corrected chi connectivity index (χ1v) is 6.63. The van der Waals surface area contributed by atoms with E-state index in [0.717, 1.165) is 25.7 Å². The number of hydrogen-bond donors (Lipinski definition) is 3. The number of hydrogen-bond acceptors (Lipinski definition) is 6. The summed E-state index contributed by atoms with van der Waals surface area (Å²) in [6, 6.07) is 0. The summed E-state index contributed by atoms with van der Waals surface area (Å²) in [5.74, 6) is -0.607. The van der Waals surface area contributed by atoms with E-state index in [9.17, 15) is 10.2 Å². The van der Waals surface area contributed by atoms with Crippen LogP contribution in [0, 0.1) is 0 Å². The Kier molecular flexibility index (Phi) is 3.34. The Balaban J connectivity index is 1.68. The van der Waals surface area contributed by atoms with Gasteiger partial charge in [0.15, 0.2) is 12.1 Å². The summed E-state index contributed by atoms with van der Waals surface area (Å²) >= 11 is 0. The first-order chi connectivity index (χ1) is 8.65. The van der Waals surface area contributed by atoms with Crippen molar-refractivity contribution in [3.05, 3.63) is 0 Å². The van der Waals surface area contributed by atoms with Crippen LogP contribution in [0.2, 0.25) is 0 Å². The summed E-state index contributed by atoms with van der Waals surface area (Å²) in [4.78, 5) is 0. The molecule has 2 saturated heterocycles. The highest BCUT2D eigenvalue weighted by Crippen LogP contribution is 2.45. The number of aliphatic hydroxyl groups is 3. The summed E-state index contributed by atoms with van der Waals surface area (Å²) in [7, 11) is 0. The van der Waals surface area contributed by atoms with Gasteiger partial charge in [-0.2, -0.15) is 0 Å². The molecule has 0 aromatic heterocycles. The zero-order valence-electron chi connectivity index (χ0n) is 10.2. The Morgan fingerprint density at radius 3 is 2.50 bits per heavy atom. The normalized spacial score (nSPS) is 44.2. The molecule has 0 amide bonds. The van der Waals surface area contributed by atoms with E-state index in [-0.39, 0.29) is 0 Å². The van der Waals surface area contributed by atoms with Crippen molar-refractivity contribution in [1.82, 2.24) is 0 Å². The van der Waals surface area contributed by atoms with Crippen LogP contribution in [-0.4, -0.2) is 58.4 Å². The zero-order chi connectivity index (χ0) is 12.8. The van der Waals surface area contributed by atoms with E-state index in [1.807, 2.05) is 0 Å². The third-order valence-electron chi connectivity index (χ3n) is 4.10. The molecule has 1 aliphatic carbocycles. The maximum atomic E-state index is 10.1. The van der Waals surface area contributed by atoms with E-state index < -0.39 is 43.1 Å². The fourth-order valence-corrected chi connectivity index (χ4v) is 3.12. The molecule has 5 atom stereocenters. The lowest BCUT2D eigenvalue weighted by molar-refractivity contribution is -0.254. The second-order valence-corrected chi connectivity index (χ2v) is 5.38. The van der Waals surface area contributed by atoms with Crippen molar-refractivity contribution in [2.45, 2.75) is 68.6 Å². The third-order valence-corrected chi connectivity index (χ3v) is 4.10. The number of fused-ring (bicyclic) bond motifs is 1. The molecule has 2 heterocycles. The van der Waals surface area contributed by atoms with Gasteiger partial charge in [-0.1, -0.05) is 6.42 Å². The van der Waals surface area contributed by atoms with E-state index >= 15 is 0 Å². The first-order valence-electron chi connectivity index (χ1n) is 6.63. The van der Waals surface area contributed by atoms with Crippen molar-refractivity contribution < 1.29 is 29.5 Å². The Labute approximate surface area is 105 Å². The molecule has 6 nitrogen and oxygen atoms in total. The minimum atomic E-state index is -1.11. The van der Waals surface area contributed by atoms with Crippen LogP contribution in [0.15, 0.2) is 0 Å². The van der Waals surface area contributed by atoms with Gasteiger partial charge in [0.2, 0.25) is 0 Å². The topological polar surface area (TPSA) is 88.4 Å². The van der Waals surface area contributed by atoms with Crippen LogP contribution in [0.25, 0.3) is 0 Å². The molecule has 0 bridgehead atoms. The van der Waals surface area contributed by atoms with Crippen molar-refractivity contribution in [1.29, 1.82) is 0 Å². The molecule has 0 unspecified atom stereocenters. The fraction of sp³-hybridized carbons (Fsp3) is 1.00. The summed E-state index contributed by atoms with van der Waals surface area (Å²) < 4.78 is 17.1. The minimum absolute atomic E-state index is 0.452. The Bertz CT molecular complexity index is 303. The summed E-state index contributed by atoms with van der Waals surface area (Å²) in [6.45, 7) is -0.452. The molecular formula is C12H20O6. The van der Waals surface area contributed by atoms with Gasteiger partial charge in [0.25, 0.3) is 0 Å². The highest BCUT2D eigenvalue weighted by atomic mass is 16.8. The second-order valence-electron chi connectivity index (χ2n) is 5.38. The molecular weight excluding hydrogens is 240 g/mol. The lowest BCUT2D eigenvalue weighted by Crippen LogP contribution is -2.43. The molecule has 3 fully saturated rings. The lowest BCUT2D eigenvalue weighted by Gasteiger charge is -2.33. The molecule has 6 heteroatoms. The van der Waals surface area contributed by atoms with Crippen LogP contribution >= 0.6 is 0 Å². The van der Waals surface area contributed by atoms with Crippen molar-refractivity contribution in [3.8, 4) is 0 Å². The SMILES string of the molecule is OC[C@@H](O)[C@H]1O[C@@H]2OC3(CCCCC3)O[C@@H]2[C@H]1O. The largest absolute Gasteiger partial charge is 0.394 e. The second kappa shape index (κ2) is 4.70. The molecule has 1 saturated carbocycles. The zero-order valence-corrected chi connectivity index (χ0v) is 10.2. The van der Waals surface area contributed by atoms with Crippen LogP contribution < -0.4 is 0 Å². The summed E-state index contributed by atoms with van der Waals surface area (Å²) in [5.41, 5.74) is 0. The van der Waals surface area contributed by atoms with Crippen molar-refractivity contribution >= 4 is 0 Å². The van der Waals surface area contributed by atoms with E-state index in [0.29, 0.717) is 0 Å². The van der Waals surface area contributed by atoms with Crippen LogP contribution in [0.3, 0.4) is 0 Å². The van der Waals surface area contributed by atoms with Gasteiger partial charge in [0.1, 0.15) is 24.4 Å². The standard InChI is InChI=1S/C12H20O6/c13-6-7(14)9-8(15)10-11(16-9)18-12(17-10)4-2-1-3-5-12/h7-11,13-15H,1-6H2/t7-,8+,9-,10-,11-/m1/s1. The molecule has 1 spiro atoms. The fourth-order valence-electron chi connectivity index (χ4n) is 3.12. The molecule has 3 rings (SSSR count). The smallest absolute Gasteiger partial charge is 0.190 e. The van der Waals surface area contributed by atoms with E-state index in [1.165, 1.54) is 6.42 Å². The molecule has 0 aromatic carbocycles. The van der Waals surface area contributed by atoms with Gasteiger partial charge in [0, 0.05) is 12.8 Å². The highest BCUT2D eigenvalue weighted by molar-refractivity contribution is 4.97. The quantitative estimate of drug-likeness (QED) is 0.620. The first kappa shape index (κ1) is 12.8. The van der Waals surface area contributed by atoms with Crippen LogP contribution in [0.4, 0.5) is 0 Å². The maximum absolute atomic E-state index is 10.1. The predicted octanol–water partition coefficient (Wildman–Crippen LogP) is -0.499. The van der Waals surface area contributed by atoms with Gasteiger partial charge < -0.3 is 29.5 Å². The predicted molar refractivity (Wildman–Crippen MR) is 59.5 cm³/mol. The van der Waals surface area contributed by atoms with E-state index in [4.69, 9.17) is 19.3 Å². The molecule has 0 aromatic rings. The van der Waals surface area contributed by atoms with Gasteiger partial charge in [-0.25, -0.2) is 0 Å². The van der Waals surface area contributed by atoms with Crippen molar-refractivity contribution in [2.75, 3.05) is 6.61 Å². The molecule has 0 radical (unpaired) electrons. The lowest BCUT2D eigenvalue weighted by atomic mass is 9.94. The Hall–Kier alpha value is -0.240. The average Bonchev–Trinajstić information content (AvgIpc) is 2.86. The molecule has 3 aliphatic rings. The molecule has 2 aliphatic heterocycles. The molecule has 18 heavy (non-hydrogen) atoms.